The molecule has 0 atom stereocenters. The van der Waals surface area contributed by atoms with Gasteiger partial charge in [-0.05, 0) is 0 Å². The fourth-order valence-corrected chi connectivity index (χ4v) is 3.15. The molecule has 2 aromatic heterocycles. The third-order valence-corrected chi connectivity index (χ3v) is 4.12. The molecule has 3 heterocycles. The van der Waals surface area contributed by atoms with Gasteiger partial charge in [0.05, 0.1) is 13.2 Å². The number of ether oxygens (including phenoxy) is 1. The lowest BCUT2D eigenvalue weighted by Gasteiger charge is -2.25. The third kappa shape index (κ3) is 1.95. The number of anilines is 1. The first-order valence-corrected chi connectivity index (χ1v) is 6.87. The van der Waals surface area contributed by atoms with E-state index >= 15 is 0 Å². The molecule has 84 valence electrons. The van der Waals surface area contributed by atoms with E-state index in [1.54, 1.807) is 22.7 Å². The van der Waals surface area contributed by atoms with E-state index in [1.165, 1.54) is 0 Å². The summed E-state index contributed by atoms with van der Waals surface area (Å²) in [6.07, 6.45) is 1.81. The van der Waals surface area contributed by atoms with Crippen molar-refractivity contribution in [2.24, 2.45) is 0 Å². The third-order valence-electron chi connectivity index (χ3n) is 2.43. The molecule has 1 fully saturated rings. The predicted octanol–water partition coefficient (Wildman–Crippen LogP) is 2.10. The molecule has 0 radical (unpaired) electrons. The van der Waals surface area contributed by atoms with Gasteiger partial charge in [0.25, 0.3) is 0 Å². The molecule has 6 heteroatoms. The van der Waals surface area contributed by atoms with E-state index < -0.39 is 0 Å². The van der Waals surface area contributed by atoms with Gasteiger partial charge < -0.3 is 9.64 Å². The molecule has 0 bridgehead atoms. The second-order valence-corrected chi connectivity index (χ2v) is 5.18. The Morgan fingerprint density at radius 2 is 2.12 bits per heavy atom. The van der Waals surface area contributed by atoms with Crippen LogP contribution in [0.15, 0.2) is 17.0 Å². The van der Waals surface area contributed by atoms with Crippen molar-refractivity contribution in [2.75, 3.05) is 31.2 Å². The summed E-state index contributed by atoms with van der Waals surface area (Å²) in [5, 5.41) is 6.12. The predicted molar refractivity (Wildman–Crippen MR) is 66.3 cm³/mol. The number of thiazole rings is 2. The second-order valence-electron chi connectivity index (χ2n) is 3.45. The van der Waals surface area contributed by atoms with Crippen molar-refractivity contribution in [3.05, 3.63) is 17.0 Å². The highest BCUT2D eigenvalue weighted by Crippen LogP contribution is 2.28. The quantitative estimate of drug-likeness (QED) is 0.821. The lowest BCUT2D eigenvalue weighted by molar-refractivity contribution is 0.122. The van der Waals surface area contributed by atoms with Gasteiger partial charge in [-0.1, -0.05) is 0 Å². The Balaban J connectivity index is 1.82. The number of hydrogen-bond acceptors (Lipinski definition) is 6. The zero-order valence-electron chi connectivity index (χ0n) is 8.63. The summed E-state index contributed by atoms with van der Waals surface area (Å²) >= 11 is 3.31. The standard InChI is InChI=1S/C10H11N3OS2/c1-6-15-9(11-1)8-7-16-10(12-8)13-2-4-14-5-3-13/h1,6-7H,2-5H2. The smallest absolute Gasteiger partial charge is 0.186 e. The van der Waals surface area contributed by atoms with E-state index in [4.69, 9.17) is 4.74 Å². The minimum absolute atomic E-state index is 0.798. The van der Waals surface area contributed by atoms with Crippen molar-refractivity contribution in [2.45, 2.75) is 0 Å². The van der Waals surface area contributed by atoms with Crippen molar-refractivity contribution in [1.29, 1.82) is 0 Å². The number of hydrogen-bond donors (Lipinski definition) is 0. The van der Waals surface area contributed by atoms with Crippen molar-refractivity contribution in [1.82, 2.24) is 9.97 Å². The van der Waals surface area contributed by atoms with E-state index in [2.05, 4.69) is 20.2 Å². The molecule has 0 aromatic carbocycles. The Morgan fingerprint density at radius 3 is 2.88 bits per heavy atom. The van der Waals surface area contributed by atoms with Gasteiger partial charge in [-0.2, -0.15) is 0 Å². The van der Waals surface area contributed by atoms with E-state index in [0.29, 0.717) is 0 Å². The molecule has 16 heavy (non-hydrogen) atoms. The topological polar surface area (TPSA) is 38.2 Å². The zero-order chi connectivity index (χ0) is 10.8. The number of morpholine rings is 1. The summed E-state index contributed by atoms with van der Waals surface area (Å²) in [5.41, 5.74) is 0.987. The summed E-state index contributed by atoms with van der Waals surface area (Å²) in [4.78, 5) is 11.1. The maximum Gasteiger partial charge on any atom is 0.186 e. The lowest BCUT2D eigenvalue weighted by Crippen LogP contribution is -2.36. The molecular weight excluding hydrogens is 242 g/mol. The average molecular weight is 253 g/mol. The van der Waals surface area contributed by atoms with E-state index in [-0.39, 0.29) is 0 Å². The Bertz CT molecular complexity index is 448. The molecule has 0 amide bonds. The molecule has 3 rings (SSSR count). The molecule has 0 aliphatic carbocycles. The lowest BCUT2D eigenvalue weighted by atomic mass is 10.4. The largest absolute Gasteiger partial charge is 0.378 e. The first kappa shape index (κ1) is 10.2. The molecule has 2 aromatic rings. The van der Waals surface area contributed by atoms with Crippen molar-refractivity contribution >= 4 is 27.8 Å². The highest BCUT2D eigenvalue weighted by atomic mass is 32.1. The van der Waals surface area contributed by atoms with Crippen LogP contribution in [0.5, 0.6) is 0 Å². The van der Waals surface area contributed by atoms with Crippen LogP contribution in [0, 0.1) is 0 Å². The van der Waals surface area contributed by atoms with Gasteiger partial charge in [-0.15, -0.1) is 22.7 Å². The van der Waals surface area contributed by atoms with Gasteiger partial charge in [0.15, 0.2) is 5.13 Å². The zero-order valence-corrected chi connectivity index (χ0v) is 10.3. The minimum Gasteiger partial charge on any atom is -0.378 e. The van der Waals surface area contributed by atoms with Crippen LogP contribution in [-0.2, 0) is 4.74 Å². The van der Waals surface area contributed by atoms with Gasteiger partial charge in [0.1, 0.15) is 10.7 Å². The first-order valence-electron chi connectivity index (χ1n) is 5.11. The Morgan fingerprint density at radius 1 is 1.25 bits per heavy atom. The fourth-order valence-electron chi connectivity index (χ4n) is 1.61. The molecule has 1 aliphatic heterocycles. The number of rotatable bonds is 2. The van der Waals surface area contributed by atoms with E-state index in [0.717, 1.165) is 42.1 Å². The van der Waals surface area contributed by atoms with E-state index in [9.17, 15) is 0 Å². The average Bonchev–Trinajstić information content (AvgIpc) is 3.01. The summed E-state index contributed by atoms with van der Waals surface area (Å²) in [6, 6.07) is 0. The van der Waals surface area contributed by atoms with Gasteiger partial charge in [-0.25, -0.2) is 9.97 Å². The molecule has 1 saturated heterocycles. The Kier molecular flexibility index (Phi) is 2.86. The van der Waals surface area contributed by atoms with Crippen LogP contribution in [0.3, 0.4) is 0 Å². The SMILES string of the molecule is c1csc(-c2csc(N3CCOCC3)n2)n1. The molecule has 4 nitrogen and oxygen atoms in total. The molecular formula is C10H11N3OS2. The van der Waals surface area contributed by atoms with Crippen LogP contribution in [0.2, 0.25) is 0 Å². The highest BCUT2D eigenvalue weighted by molar-refractivity contribution is 7.15. The maximum absolute atomic E-state index is 5.33. The fraction of sp³-hybridized carbons (Fsp3) is 0.400. The maximum atomic E-state index is 5.33. The van der Waals surface area contributed by atoms with Crippen LogP contribution in [0.25, 0.3) is 10.7 Å². The second kappa shape index (κ2) is 4.48. The molecule has 0 unspecified atom stereocenters. The molecule has 0 saturated carbocycles. The highest BCUT2D eigenvalue weighted by Gasteiger charge is 2.15. The normalized spacial score (nSPS) is 16.6. The van der Waals surface area contributed by atoms with Gasteiger partial charge in [0.2, 0.25) is 0 Å². The Labute approximate surface area is 102 Å². The number of aromatic nitrogens is 2. The monoisotopic (exact) mass is 253 g/mol. The molecule has 1 aliphatic rings. The van der Waals surface area contributed by atoms with Crippen LogP contribution in [0.4, 0.5) is 5.13 Å². The first-order chi connectivity index (χ1) is 7.93. The summed E-state index contributed by atoms with van der Waals surface area (Å²) in [5.74, 6) is 0. The summed E-state index contributed by atoms with van der Waals surface area (Å²) < 4.78 is 5.33. The van der Waals surface area contributed by atoms with Crippen LogP contribution in [-0.4, -0.2) is 36.3 Å². The minimum atomic E-state index is 0.798. The number of nitrogens with zero attached hydrogens (tertiary/aromatic N) is 3. The van der Waals surface area contributed by atoms with E-state index in [1.807, 2.05) is 11.6 Å². The van der Waals surface area contributed by atoms with Gasteiger partial charge in [0, 0.05) is 30.0 Å². The molecule has 0 spiro atoms. The van der Waals surface area contributed by atoms with Crippen molar-refractivity contribution in [3.8, 4) is 10.7 Å². The van der Waals surface area contributed by atoms with Crippen LogP contribution < -0.4 is 4.90 Å². The molecule has 0 N–H and O–H groups in total. The van der Waals surface area contributed by atoms with Crippen LogP contribution in [0.1, 0.15) is 0 Å². The van der Waals surface area contributed by atoms with Crippen molar-refractivity contribution in [3.63, 3.8) is 0 Å². The Hall–Kier alpha value is -0.980. The van der Waals surface area contributed by atoms with Crippen LogP contribution >= 0.6 is 22.7 Å². The van der Waals surface area contributed by atoms with Crippen molar-refractivity contribution < 1.29 is 4.74 Å². The summed E-state index contributed by atoms with van der Waals surface area (Å²) in [6.45, 7) is 3.47. The van der Waals surface area contributed by atoms with Gasteiger partial charge in [-0.3, -0.25) is 0 Å². The summed E-state index contributed by atoms with van der Waals surface area (Å²) in [7, 11) is 0. The van der Waals surface area contributed by atoms with Gasteiger partial charge >= 0.3 is 0 Å².